The van der Waals surface area contributed by atoms with Crippen molar-refractivity contribution < 1.29 is 9.84 Å². The van der Waals surface area contributed by atoms with E-state index in [2.05, 4.69) is 34.0 Å². The molecule has 0 saturated carbocycles. The van der Waals surface area contributed by atoms with Crippen molar-refractivity contribution in [3.05, 3.63) is 54.4 Å². The van der Waals surface area contributed by atoms with E-state index in [9.17, 15) is 5.11 Å². The Hall–Kier alpha value is -3.08. The Kier molecular flexibility index (Phi) is 5.37. The van der Waals surface area contributed by atoms with Crippen molar-refractivity contribution in [1.29, 1.82) is 0 Å². The number of methoxy groups -OCH3 is 1. The molecule has 2 heterocycles. The number of phenolic OH excluding ortho intramolecular Hbond substituents is 1. The number of ether oxygens (including phenoxy) is 1. The zero-order chi connectivity index (χ0) is 18.5. The normalized spacial score (nSPS) is 12.6. The Morgan fingerprint density at radius 3 is 2.85 bits per heavy atom. The summed E-state index contributed by atoms with van der Waals surface area (Å²) in [5.74, 6) is 0.934. The fourth-order valence-corrected chi connectivity index (χ4v) is 3.04. The van der Waals surface area contributed by atoms with Gasteiger partial charge in [-0.3, -0.25) is 4.99 Å². The van der Waals surface area contributed by atoms with Crippen LogP contribution in [-0.2, 0) is 4.74 Å². The van der Waals surface area contributed by atoms with Crippen molar-refractivity contribution in [2.75, 3.05) is 14.2 Å². The molecule has 1 aromatic carbocycles. The van der Waals surface area contributed by atoms with Gasteiger partial charge in [0.15, 0.2) is 5.90 Å². The van der Waals surface area contributed by atoms with Crippen molar-refractivity contribution in [2.24, 2.45) is 4.99 Å². The maximum atomic E-state index is 9.75. The van der Waals surface area contributed by atoms with Crippen LogP contribution in [0.5, 0.6) is 5.75 Å². The molecule has 0 amide bonds. The first-order valence-corrected chi connectivity index (χ1v) is 8.61. The Labute approximate surface area is 153 Å². The van der Waals surface area contributed by atoms with Crippen LogP contribution in [-0.4, -0.2) is 35.1 Å². The Balaban J connectivity index is 2.08. The van der Waals surface area contributed by atoms with Crippen LogP contribution >= 0.6 is 0 Å². The number of aromatic hydroxyl groups is 1. The van der Waals surface area contributed by atoms with Gasteiger partial charge in [0.25, 0.3) is 0 Å². The van der Waals surface area contributed by atoms with Gasteiger partial charge in [-0.25, -0.2) is 4.98 Å². The lowest BCUT2D eigenvalue weighted by Gasteiger charge is -2.09. The Bertz CT molecular complexity index is 970. The predicted octanol–water partition coefficient (Wildman–Crippen LogP) is 4.79. The van der Waals surface area contributed by atoms with Crippen LogP contribution in [0.2, 0.25) is 0 Å². The molecular formula is C21H23N3O2. The molecule has 0 spiro atoms. The van der Waals surface area contributed by atoms with E-state index in [-0.39, 0.29) is 5.75 Å². The summed E-state index contributed by atoms with van der Waals surface area (Å²) >= 11 is 0. The molecule has 5 heteroatoms. The highest BCUT2D eigenvalue weighted by atomic mass is 16.5. The van der Waals surface area contributed by atoms with Gasteiger partial charge in [0.05, 0.1) is 7.11 Å². The lowest BCUT2D eigenvalue weighted by Crippen LogP contribution is -2.02. The summed E-state index contributed by atoms with van der Waals surface area (Å²) in [6, 6.07) is 9.30. The maximum absolute atomic E-state index is 9.75. The number of aromatic amines is 1. The minimum atomic E-state index is 0.243. The highest BCUT2D eigenvalue weighted by Gasteiger charge is 2.13. The standard InChI is InChI=1S/C21H23N3O2/c1-4-6-15(11-20(22-2)26-3)19-13-24-21-18(19)10-16(12-23-21)14-7-5-8-17(25)9-14/h5-10,12-13,25H,4,11H2,1-3H3,(H,23,24)/b15-6+,22-20?. The van der Waals surface area contributed by atoms with Gasteiger partial charge in [-0.05, 0) is 35.8 Å². The fraction of sp³-hybridized carbons (Fsp3) is 0.238. The molecule has 2 N–H and O–H groups in total. The second-order valence-corrected chi connectivity index (χ2v) is 6.01. The number of fused-ring (bicyclic) bond motifs is 1. The number of hydrogen-bond acceptors (Lipinski definition) is 4. The molecule has 5 nitrogen and oxygen atoms in total. The molecule has 0 radical (unpaired) electrons. The number of nitrogens with one attached hydrogen (secondary N) is 1. The third kappa shape index (κ3) is 3.61. The van der Waals surface area contributed by atoms with Gasteiger partial charge in [-0.1, -0.05) is 25.1 Å². The molecule has 3 aromatic rings. The summed E-state index contributed by atoms with van der Waals surface area (Å²) in [6.07, 6.45) is 7.53. The summed E-state index contributed by atoms with van der Waals surface area (Å²) in [4.78, 5) is 12.0. The number of aliphatic imine (C=N–C) groups is 1. The molecular weight excluding hydrogens is 326 g/mol. The van der Waals surface area contributed by atoms with E-state index in [1.54, 1.807) is 26.3 Å². The van der Waals surface area contributed by atoms with E-state index in [0.29, 0.717) is 12.3 Å². The van der Waals surface area contributed by atoms with E-state index >= 15 is 0 Å². The van der Waals surface area contributed by atoms with Gasteiger partial charge in [-0.15, -0.1) is 0 Å². The second-order valence-electron chi connectivity index (χ2n) is 6.01. The summed E-state index contributed by atoms with van der Waals surface area (Å²) in [5, 5.41) is 10.8. The monoisotopic (exact) mass is 349 g/mol. The van der Waals surface area contributed by atoms with Gasteiger partial charge in [0, 0.05) is 42.4 Å². The highest BCUT2D eigenvalue weighted by molar-refractivity contribution is 5.98. The zero-order valence-corrected chi connectivity index (χ0v) is 15.3. The van der Waals surface area contributed by atoms with Crippen molar-refractivity contribution in [2.45, 2.75) is 19.8 Å². The highest BCUT2D eigenvalue weighted by Crippen LogP contribution is 2.31. The summed E-state index contributed by atoms with van der Waals surface area (Å²) in [6.45, 7) is 2.11. The van der Waals surface area contributed by atoms with Crippen molar-refractivity contribution >= 4 is 22.5 Å². The van der Waals surface area contributed by atoms with Crippen LogP contribution in [0.1, 0.15) is 25.3 Å². The molecule has 3 rings (SSSR count). The van der Waals surface area contributed by atoms with E-state index in [0.717, 1.165) is 39.7 Å². The minimum Gasteiger partial charge on any atom is -0.508 e. The number of nitrogens with zero attached hydrogens (tertiary/aromatic N) is 2. The summed E-state index contributed by atoms with van der Waals surface area (Å²) < 4.78 is 5.35. The third-order valence-electron chi connectivity index (χ3n) is 4.33. The molecule has 134 valence electrons. The molecule has 0 fully saturated rings. The molecule has 0 unspecified atom stereocenters. The fourth-order valence-electron chi connectivity index (χ4n) is 3.04. The molecule has 0 atom stereocenters. The first kappa shape index (κ1) is 17.7. The average molecular weight is 349 g/mol. The van der Waals surface area contributed by atoms with Crippen molar-refractivity contribution in [3.8, 4) is 16.9 Å². The number of hydrogen-bond donors (Lipinski definition) is 2. The lowest BCUT2D eigenvalue weighted by molar-refractivity contribution is 0.395. The number of rotatable bonds is 5. The molecule has 0 bridgehead atoms. The summed E-state index contributed by atoms with van der Waals surface area (Å²) in [5.41, 5.74) is 4.96. The van der Waals surface area contributed by atoms with Crippen LogP contribution in [0, 0.1) is 0 Å². The predicted molar refractivity (Wildman–Crippen MR) is 106 cm³/mol. The third-order valence-corrected chi connectivity index (χ3v) is 4.33. The van der Waals surface area contributed by atoms with Crippen LogP contribution in [0.3, 0.4) is 0 Å². The Morgan fingerprint density at radius 1 is 1.31 bits per heavy atom. The van der Waals surface area contributed by atoms with Crippen molar-refractivity contribution in [3.63, 3.8) is 0 Å². The number of phenols is 1. The molecule has 0 saturated heterocycles. The zero-order valence-electron chi connectivity index (χ0n) is 15.3. The molecule has 0 aliphatic rings. The van der Waals surface area contributed by atoms with E-state index in [4.69, 9.17) is 4.74 Å². The van der Waals surface area contributed by atoms with Crippen LogP contribution in [0.15, 0.2) is 53.8 Å². The van der Waals surface area contributed by atoms with Crippen LogP contribution in [0.4, 0.5) is 0 Å². The quantitative estimate of drug-likeness (QED) is 0.514. The molecule has 0 aliphatic heterocycles. The second kappa shape index (κ2) is 7.87. The van der Waals surface area contributed by atoms with Crippen LogP contribution < -0.4 is 0 Å². The van der Waals surface area contributed by atoms with E-state index in [1.807, 2.05) is 24.5 Å². The number of benzene rings is 1. The number of aromatic nitrogens is 2. The summed E-state index contributed by atoms with van der Waals surface area (Å²) in [7, 11) is 3.38. The molecule has 2 aromatic heterocycles. The SMILES string of the molecule is CC/C=C(\CC(=NC)OC)c1c[nH]c2ncc(-c3cccc(O)c3)cc12. The first-order valence-electron chi connectivity index (χ1n) is 8.61. The number of allylic oxidation sites excluding steroid dienone is 1. The topological polar surface area (TPSA) is 70.5 Å². The average Bonchev–Trinajstić information content (AvgIpc) is 3.08. The number of pyridine rings is 1. The van der Waals surface area contributed by atoms with E-state index < -0.39 is 0 Å². The van der Waals surface area contributed by atoms with Gasteiger partial charge in [-0.2, -0.15) is 0 Å². The van der Waals surface area contributed by atoms with Crippen molar-refractivity contribution in [1.82, 2.24) is 9.97 Å². The van der Waals surface area contributed by atoms with Gasteiger partial charge < -0.3 is 14.8 Å². The molecule has 26 heavy (non-hydrogen) atoms. The Morgan fingerprint density at radius 2 is 2.15 bits per heavy atom. The first-order chi connectivity index (χ1) is 12.7. The van der Waals surface area contributed by atoms with E-state index in [1.165, 1.54) is 0 Å². The molecule has 0 aliphatic carbocycles. The van der Waals surface area contributed by atoms with Gasteiger partial charge in [0.1, 0.15) is 11.4 Å². The smallest absolute Gasteiger partial charge is 0.187 e. The largest absolute Gasteiger partial charge is 0.508 e. The van der Waals surface area contributed by atoms with Crippen LogP contribution in [0.25, 0.3) is 27.7 Å². The minimum absolute atomic E-state index is 0.243. The van der Waals surface area contributed by atoms with Gasteiger partial charge >= 0.3 is 0 Å². The van der Waals surface area contributed by atoms with Gasteiger partial charge in [0.2, 0.25) is 0 Å². The maximum Gasteiger partial charge on any atom is 0.187 e. The number of H-pyrrole nitrogens is 1. The lowest BCUT2D eigenvalue weighted by atomic mass is 9.99.